The molecule has 21 heavy (non-hydrogen) atoms. The molecule has 1 saturated heterocycles. The summed E-state index contributed by atoms with van der Waals surface area (Å²) in [5.74, 6) is 0.852. The van der Waals surface area contributed by atoms with Gasteiger partial charge in [0.05, 0.1) is 4.90 Å². The first-order valence-electron chi connectivity index (χ1n) is 7.34. The van der Waals surface area contributed by atoms with Crippen molar-refractivity contribution in [2.24, 2.45) is 11.8 Å². The number of nitrogens with zero attached hydrogens (tertiary/aromatic N) is 2. The molecule has 5 nitrogen and oxygen atoms in total. The molecule has 0 N–H and O–H groups in total. The smallest absolute Gasteiger partial charge is 0.243 e. The summed E-state index contributed by atoms with van der Waals surface area (Å²) < 4.78 is 26.4. The van der Waals surface area contributed by atoms with E-state index < -0.39 is 10.0 Å². The summed E-state index contributed by atoms with van der Waals surface area (Å²) in [6.45, 7) is 3.83. The van der Waals surface area contributed by atoms with Gasteiger partial charge in [-0.05, 0) is 24.5 Å². The second-order valence-corrected chi connectivity index (χ2v) is 7.80. The second-order valence-electron chi connectivity index (χ2n) is 5.86. The van der Waals surface area contributed by atoms with Gasteiger partial charge >= 0.3 is 0 Å². The lowest BCUT2D eigenvalue weighted by Crippen LogP contribution is -2.51. The molecule has 2 aliphatic rings. The Bertz CT molecular complexity index is 622. The van der Waals surface area contributed by atoms with Crippen LogP contribution in [0.25, 0.3) is 0 Å². The third kappa shape index (κ3) is 2.82. The van der Waals surface area contributed by atoms with E-state index in [0.717, 1.165) is 6.42 Å². The SMILES string of the molecule is C[C@@H]1C[C@@H]1C(=O)N1CCN(S(=O)(=O)c2ccccc2)CC1. The number of carbonyl (C=O) groups excluding carboxylic acids is 1. The molecule has 2 atom stereocenters. The van der Waals surface area contributed by atoms with Crippen molar-refractivity contribution in [2.75, 3.05) is 26.2 Å². The Kier molecular flexibility index (Phi) is 3.75. The van der Waals surface area contributed by atoms with Crippen LogP contribution in [0.4, 0.5) is 0 Å². The van der Waals surface area contributed by atoms with Gasteiger partial charge < -0.3 is 4.90 Å². The van der Waals surface area contributed by atoms with E-state index in [-0.39, 0.29) is 11.8 Å². The lowest BCUT2D eigenvalue weighted by molar-refractivity contribution is -0.134. The number of benzene rings is 1. The van der Waals surface area contributed by atoms with Crippen LogP contribution in [0.15, 0.2) is 35.2 Å². The topological polar surface area (TPSA) is 57.7 Å². The Hall–Kier alpha value is -1.40. The first kappa shape index (κ1) is 14.5. The first-order valence-corrected chi connectivity index (χ1v) is 8.78. The normalized spacial score (nSPS) is 26.6. The molecule has 3 rings (SSSR count). The summed E-state index contributed by atoms with van der Waals surface area (Å²) >= 11 is 0. The third-order valence-corrected chi connectivity index (χ3v) is 6.27. The lowest BCUT2D eigenvalue weighted by Gasteiger charge is -2.34. The minimum absolute atomic E-state index is 0.169. The van der Waals surface area contributed by atoms with Gasteiger partial charge in [0.1, 0.15) is 0 Å². The summed E-state index contributed by atoms with van der Waals surface area (Å²) in [5.41, 5.74) is 0. The summed E-state index contributed by atoms with van der Waals surface area (Å²) in [6, 6.07) is 8.46. The Morgan fingerprint density at radius 2 is 1.67 bits per heavy atom. The minimum atomic E-state index is -3.43. The molecular formula is C15H20N2O3S. The molecule has 1 heterocycles. The molecule has 2 fully saturated rings. The van der Waals surface area contributed by atoms with Gasteiger partial charge in [-0.3, -0.25) is 4.79 Å². The molecule has 0 bridgehead atoms. The molecule has 1 amide bonds. The summed E-state index contributed by atoms with van der Waals surface area (Å²) in [5, 5.41) is 0. The number of hydrogen-bond donors (Lipinski definition) is 0. The van der Waals surface area contributed by atoms with Crippen LogP contribution in [0.5, 0.6) is 0 Å². The van der Waals surface area contributed by atoms with Gasteiger partial charge in [-0.2, -0.15) is 4.31 Å². The van der Waals surface area contributed by atoms with E-state index in [0.29, 0.717) is 37.0 Å². The number of sulfonamides is 1. The highest BCUT2D eigenvalue weighted by molar-refractivity contribution is 7.89. The quantitative estimate of drug-likeness (QED) is 0.842. The molecule has 1 saturated carbocycles. The average molecular weight is 308 g/mol. The average Bonchev–Trinajstić information content (AvgIpc) is 3.24. The first-order chi connectivity index (χ1) is 10.00. The van der Waals surface area contributed by atoms with Gasteiger partial charge in [-0.25, -0.2) is 8.42 Å². The van der Waals surface area contributed by atoms with E-state index in [4.69, 9.17) is 0 Å². The number of amides is 1. The van der Waals surface area contributed by atoms with Crippen molar-refractivity contribution < 1.29 is 13.2 Å². The van der Waals surface area contributed by atoms with E-state index >= 15 is 0 Å². The number of carbonyl (C=O) groups is 1. The largest absolute Gasteiger partial charge is 0.340 e. The number of piperazine rings is 1. The predicted octanol–water partition coefficient (Wildman–Crippen LogP) is 1.18. The molecule has 1 aliphatic carbocycles. The van der Waals surface area contributed by atoms with Crippen LogP contribution >= 0.6 is 0 Å². The van der Waals surface area contributed by atoms with Gasteiger partial charge in [0.15, 0.2) is 0 Å². The van der Waals surface area contributed by atoms with Crippen molar-refractivity contribution in [1.82, 2.24) is 9.21 Å². The molecule has 1 aromatic rings. The van der Waals surface area contributed by atoms with Gasteiger partial charge in [0, 0.05) is 32.1 Å². The van der Waals surface area contributed by atoms with Crippen LogP contribution in [-0.2, 0) is 14.8 Å². The Labute approximate surface area is 125 Å². The Balaban J connectivity index is 1.64. The van der Waals surface area contributed by atoms with Gasteiger partial charge in [-0.15, -0.1) is 0 Å². The summed E-state index contributed by atoms with van der Waals surface area (Å²) in [6.07, 6.45) is 0.974. The van der Waals surface area contributed by atoms with Crippen LogP contribution < -0.4 is 0 Å². The summed E-state index contributed by atoms with van der Waals surface area (Å²) in [4.78, 5) is 14.3. The second kappa shape index (κ2) is 5.42. The highest BCUT2D eigenvalue weighted by Crippen LogP contribution is 2.39. The van der Waals surface area contributed by atoms with Crippen LogP contribution in [0, 0.1) is 11.8 Å². The molecule has 6 heteroatoms. The fourth-order valence-electron chi connectivity index (χ4n) is 2.79. The zero-order valence-corrected chi connectivity index (χ0v) is 12.9. The van der Waals surface area contributed by atoms with Crippen LogP contribution in [0.1, 0.15) is 13.3 Å². The molecular weight excluding hydrogens is 288 g/mol. The maximum absolute atomic E-state index is 12.5. The van der Waals surface area contributed by atoms with E-state index in [2.05, 4.69) is 6.92 Å². The minimum Gasteiger partial charge on any atom is -0.340 e. The highest BCUT2D eigenvalue weighted by Gasteiger charge is 2.42. The van der Waals surface area contributed by atoms with Crippen molar-refractivity contribution in [3.05, 3.63) is 30.3 Å². The van der Waals surface area contributed by atoms with Gasteiger partial charge in [-0.1, -0.05) is 25.1 Å². The molecule has 1 aliphatic heterocycles. The zero-order valence-electron chi connectivity index (χ0n) is 12.1. The molecule has 114 valence electrons. The molecule has 1 aromatic carbocycles. The van der Waals surface area contributed by atoms with Crippen molar-refractivity contribution >= 4 is 15.9 Å². The fraction of sp³-hybridized carbons (Fsp3) is 0.533. The van der Waals surface area contributed by atoms with Gasteiger partial charge in [0.25, 0.3) is 0 Å². The van der Waals surface area contributed by atoms with E-state index in [1.807, 2.05) is 4.90 Å². The van der Waals surface area contributed by atoms with Crippen LogP contribution in [0.3, 0.4) is 0 Å². The molecule has 0 aromatic heterocycles. The highest BCUT2D eigenvalue weighted by atomic mass is 32.2. The Morgan fingerprint density at radius 1 is 1.10 bits per heavy atom. The van der Waals surface area contributed by atoms with Crippen molar-refractivity contribution in [1.29, 1.82) is 0 Å². The van der Waals surface area contributed by atoms with Crippen molar-refractivity contribution in [3.63, 3.8) is 0 Å². The molecule has 0 unspecified atom stereocenters. The fourth-order valence-corrected chi connectivity index (χ4v) is 4.23. The number of rotatable bonds is 3. The van der Waals surface area contributed by atoms with E-state index in [1.54, 1.807) is 30.3 Å². The summed E-state index contributed by atoms with van der Waals surface area (Å²) in [7, 11) is -3.43. The molecule has 0 radical (unpaired) electrons. The predicted molar refractivity (Wildman–Crippen MR) is 79.1 cm³/mol. The maximum atomic E-state index is 12.5. The number of hydrogen-bond acceptors (Lipinski definition) is 3. The third-order valence-electron chi connectivity index (χ3n) is 4.36. The van der Waals surface area contributed by atoms with Crippen LogP contribution in [-0.4, -0.2) is 49.7 Å². The van der Waals surface area contributed by atoms with E-state index in [9.17, 15) is 13.2 Å². The molecule has 0 spiro atoms. The zero-order chi connectivity index (χ0) is 15.0. The monoisotopic (exact) mass is 308 g/mol. The van der Waals surface area contributed by atoms with Crippen molar-refractivity contribution in [3.8, 4) is 0 Å². The lowest BCUT2D eigenvalue weighted by atomic mass is 10.2. The van der Waals surface area contributed by atoms with Crippen molar-refractivity contribution in [2.45, 2.75) is 18.2 Å². The van der Waals surface area contributed by atoms with E-state index in [1.165, 1.54) is 4.31 Å². The van der Waals surface area contributed by atoms with Gasteiger partial charge in [0.2, 0.25) is 15.9 Å². The maximum Gasteiger partial charge on any atom is 0.243 e. The van der Waals surface area contributed by atoms with Crippen LogP contribution in [0.2, 0.25) is 0 Å². The standard InChI is InChI=1S/C15H20N2O3S/c1-12-11-14(12)15(18)16-7-9-17(10-8-16)21(19,20)13-5-3-2-4-6-13/h2-6,12,14H,7-11H2,1H3/t12-,14+/m1/s1. The Morgan fingerprint density at radius 3 is 2.19 bits per heavy atom.